The van der Waals surface area contributed by atoms with E-state index >= 15 is 0 Å². The minimum atomic E-state index is 0.567. The first-order valence-electron chi connectivity index (χ1n) is 5.57. The summed E-state index contributed by atoms with van der Waals surface area (Å²) >= 11 is 0. The number of aryl methyl sites for hydroxylation is 1. The fraction of sp³-hybridized carbons (Fsp3) is 0.308. The molecule has 17 heavy (non-hydrogen) atoms. The Bertz CT molecular complexity index is 505. The second kappa shape index (κ2) is 5.01. The summed E-state index contributed by atoms with van der Waals surface area (Å²) < 4.78 is 7.30. The summed E-state index contributed by atoms with van der Waals surface area (Å²) in [6.07, 6.45) is 4.05. The van der Waals surface area contributed by atoms with Gasteiger partial charge in [-0.2, -0.15) is 0 Å². The number of methoxy groups -OCH3 is 1. The fourth-order valence-corrected chi connectivity index (χ4v) is 1.80. The summed E-state index contributed by atoms with van der Waals surface area (Å²) in [4.78, 5) is 4.48. The molecule has 4 heteroatoms. The Morgan fingerprint density at radius 3 is 2.88 bits per heavy atom. The number of nitrogens with two attached hydrogens (primary N) is 1. The van der Waals surface area contributed by atoms with E-state index < -0.39 is 0 Å². The molecule has 0 spiro atoms. The predicted octanol–water partition coefficient (Wildman–Crippen LogP) is 1.71. The van der Waals surface area contributed by atoms with Gasteiger partial charge in [0.2, 0.25) is 0 Å². The van der Waals surface area contributed by atoms with Gasteiger partial charge in [-0.3, -0.25) is 4.98 Å². The number of hydrogen-bond donors (Lipinski definition) is 1. The summed E-state index contributed by atoms with van der Waals surface area (Å²) in [5.41, 5.74) is 8.66. The monoisotopic (exact) mass is 231 g/mol. The lowest BCUT2D eigenvalue weighted by atomic mass is 10.3. The molecule has 2 aromatic heterocycles. The van der Waals surface area contributed by atoms with Crippen LogP contribution >= 0.6 is 0 Å². The second-order valence-corrected chi connectivity index (χ2v) is 4.04. The van der Waals surface area contributed by atoms with Crippen molar-refractivity contribution in [1.82, 2.24) is 9.55 Å². The highest BCUT2D eigenvalue weighted by atomic mass is 16.5. The Hall–Kier alpha value is -1.81. The van der Waals surface area contributed by atoms with E-state index in [1.165, 1.54) is 0 Å². The molecule has 0 atom stereocenters. The van der Waals surface area contributed by atoms with Gasteiger partial charge in [0.1, 0.15) is 5.75 Å². The maximum absolute atomic E-state index is 5.58. The maximum atomic E-state index is 5.58. The third-order valence-electron chi connectivity index (χ3n) is 2.61. The summed E-state index contributed by atoms with van der Waals surface area (Å²) in [6, 6.07) is 5.90. The van der Waals surface area contributed by atoms with Crippen LogP contribution in [0.25, 0.3) is 0 Å². The Morgan fingerprint density at radius 1 is 1.41 bits per heavy atom. The van der Waals surface area contributed by atoms with Crippen molar-refractivity contribution in [3.05, 3.63) is 47.5 Å². The largest absolute Gasteiger partial charge is 0.497 e. The Balaban J connectivity index is 2.20. The molecule has 2 heterocycles. The average molecular weight is 231 g/mol. The van der Waals surface area contributed by atoms with Crippen molar-refractivity contribution in [2.75, 3.05) is 7.11 Å². The standard InChI is InChI=1S/C13H17N3O/c1-10-5-13(17-2)6-12(15-10)9-16-4-3-11(7-14)8-16/h3-6,8H,7,9,14H2,1-2H3. The number of aromatic nitrogens is 2. The smallest absolute Gasteiger partial charge is 0.122 e. The number of ether oxygens (including phenoxy) is 1. The molecule has 0 saturated heterocycles. The van der Waals surface area contributed by atoms with E-state index in [4.69, 9.17) is 10.5 Å². The minimum Gasteiger partial charge on any atom is -0.497 e. The highest BCUT2D eigenvalue weighted by Gasteiger charge is 2.02. The van der Waals surface area contributed by atoms with Gasteiger partial charge in [-0.05, 0) is 18.6 Å². The van der Waals surface area contributed by atoms with Gasteiger partial charge < -0.3 is 15.0 Å². The van der Waals surface area contributed by atoms with Gasteiger partial charge in [-0.25, -0.2) is 0 Å². The molecule has 0 amide bonds. The van der Waals surface area contributed by atoms with Crippen molar-refractivity contribution in [2.24, 2.45) is 5.73 Å². The molecule has 0 saturated carbocycles. The zero-order valence-corrected chi connectivity index (χ0v) is 10.2. The normalized spacial score (nSPS) is 10.5. The first-order chi connectivity index (χ1) is 8.21. The number of hydrogen-bond acceptors (Lipinski definition) is 3. The van der Waals surface area contributed by atoms with Crippen LogP contribution in [0.1, 0.15) is 17.0 Å². The molecule has 0 aliphatic carbocycles. The van der Waals surface area contributed by atoms with Crippen molar-refractivity contribution >= 4 is 0 Å². The lowest BCUT2D eigenvalue weighted by Gasteiger charge is -2.06. The molecule has 0 bridgehead atoms. The van der Waals surface area contributed by atoms with Crippen LogP contribution in [0.4, 0.5) is 0 Å². The number of rotatable bonds is 4. The van der Waals surface area contributed by atoms with Crippen LogP contribution in [0.3, 0.4) is 0 Å². The van der Waals surface area contributed by atoms with Crippen LogP contribution < -0.4 is 10.5 Å². The van der Waals surface area contributed by atoms with Crippen LogP contribution in [0, 0.1) is 6.92 Å². The van der Waals surface area contributed by atoms with Crippen molar-refractivity contribution in [1.29, 1.82) is 0 Å². The average Bonchev–Trinajstić information content (AvgIpc) is 2.76. The molecule has 0 unspecified atom stereocenters. The van der Waals surface area contributed by atoms with E-state index in [9.17, 15) is 0 Å². The van der Waals surface area contributed by atoms with Gasteiger partial charge in [0.15, 0.2) is 0 Å². The molecule has 2 rings (SSSR count). The van der Waals surface area contributed by atoms with E-state index in [0.29, 0.717) is 6.54 Å². The highest BCUT2D eigenvalue weighted by Crippen LogP contribution is 2.14. The van der Waals surface area contributed by atoms with Crippen LogP contribution in [0.5, 0.6) is 5.75 Å². The molecule has 2 aromatic rings. The highest BCUT2D eigenvalue weighted by molar-refractivity contribution is 5.27. The van der Waals surface area contributed by atoms with Gasteiger partial charge in [0.05, 0.1) is 19.3 Å². The summed E-state index contributed by atoms with van der Waals surface area (Å²) in [6.45, 7) is 3.27. The van der Waals surface area contributed by atoms with Crippen LogP contribution in [0.15, 0.2) is 30.6 Å². The molecule has 0 radical (unpaired) electrons. The van der Waals surface area contributed by atoms with Crippen molar-refractivity contribution < 1.29 is 4.74 Å². The Morgan fingerprint density at radius 2 is 2.24 bits per heavy atom. The second-order valence-electron chi connectivity index (χ2n) is 4.04. The third-order valence-corrected chi connectivity index (χ3v) is 2.61. The van der Waals surface area contributed by atoms with E-state index in [1.54, 1.807) is 7.11 Å². The van der Waals surface area contributed by atoms with Gasteiger partial charge in [0.25, 0.3) is 0 Å². The zero-order chi connectivity index (χ0) is 12.3. The van der Waals surface area contributed by atoms with Crippen LogP contribution in [0.2, 0.25) is 0 Å². The fourth-order valence-electron chi connectivity index (χ4n) is 1.80. The van der Waals surface area contributed by atoms with E-state index in [-0.39, 0.29) is 0 Å². The molecular weight excluding hydrogens is 214 g/mol. The first-order valence-corrected chi connectivity index (χ1v) is 5.57. The van der Waals surface area contributed by atoms with E-state index in [2.05, 4.69) is 9.55 Å². The third kappa shape index (κ3) is 2.85. The van der Waals surface area contributed by atoms with Crippen molar-refractivity contribution in [3.63, 3.8) is 0 Å². The lowest BCUT2D eigenvalue weighted by molar-refractivity contribution is 0.413. The molecule has 0 aromatic carbocycles. The molecular formula is C13H17N3O. The quantitative estimate of drug-likeness (QED) is 0.871. The molecule has 2 N–H and O–H groups in total. The SMILES string of the molecule is COc1cc(C)nc(Cn2ccc(CN)c2)c1. The summed E-state index contributed by atoms with van der Waals surface area (Å²) in [5.74, 6) is 0.846. The lowest BCUT2D eigenvalue weighted by Crippen LogP contribution is -2.01. The summed E-state index contributed by atoms with van der Waals surface area (Å²) in [5, 5.41) is 0. The van der Waals surface area contributed by atoms with Gasteiger partial charge in [-0.1, -0.05) is 0 Å². The number of pyridine rings is 1. The molecule has 0 aliphatic heterocycles. The van der Waals surface area contributed by atoms with Gasteiger partial charge in [0, 0.05) is 36.8 Å². The van der Waals surface area contributed by atoms with Crippen molar-refractivity contribution in [3.8, 4) is 5.75 Å². The molecule has 0 aliphatic rings. The number of nitrogens with zero attached hydrogens (tertiary/aromatic N) is 2. The van der Waals surface area contributed by atoms with Crippen LogP contribution in [-0.4, -0.2) is 16.7 Å². The van der Waals surface area contributed by atoms with E-state index in [1.807, 2.05) is 37.5 Å². The predicted molar refractivity (Wildman–Crippen MR) is 67.0 cm³/mol. The van der Waals surface area contributed by atoms with Crippen molar-refractivity contribution in [2.45, 2.75) is 20.0 Å². The summed E-state index contributed by atoms with van der Waals surface area (Å²) in [7, 11) is 1.67. The topological polar surface area (TPSA) is 53.1 Å². The minimum absolute atomic E-state index is 0.567. The van der Waals surface area contributed by atoms with Crippen LogP contribution in [-0.2, 0) is 13.1 Å². The molecule has 0 fully saturated rings. The Labute approximate surface area is 101 Å². The zero-order valence-electron chi connectivity index (χ0n) is 10.2. The van der Waals surface area contributed by atoms with E-state index in [0.717, 1.165) is 29.2 Å². The first kappa shape index (κ1) is 11.7. The van der Waals surface area contributed by atoms with Gasteiger partial charge >= 0.3 is 0 Å². The Kier molecular flexibility index (Phi) is 3.44. The molecule has 90 valence electrons. The van der Waals surface area contributed by atoms with Gasteiger partial charge in [-0.15, -0.1) is 0 Å². The maximum Gasteiger partial charge on any atom is 0.122 e. The molecule has 4 nitrogen and oxygen atoms in total.